The van der Waals surface area contributed by atoms with E-state index in [0.717, 1.165) is 0 Å². The first kappa shape index (κ1) is 14.4. The number of nitrogen functional groups attached to an aromatic ring is 1. The lowest BCUT2D eigenvalue weighted by Crippen LogP contribution is -2.38. The van der Waals surface area contributed by atoms with Crippen molar-refractivity contribution in [1.82, 2.24) is 5.32 Å². The van der Waals surface area contributed by atoms with Gasteiger partial charge in [-0.15, -0.1) is 0 Å². The molecule has 0 radical (unpaired) electrons. The molecule has 0 aliphatic carbocycles. The second-order valence-electron chi connectivity index (χ2n) is 4.14. The minimum atomic E-state index is -0.410. The van der Waals surface area contributed by atoms with Gasteiger partial charge in [-0.1, -0.05) is 26.0 Å². The third-order valence-electron chi connectivity index (χ3n) is 2.84. The van der Waals surface area contributed by atoms with Crippen LogP contribution in [-0.2, 0) is 4.79 Å². The van der Waals surface area contributed by atoms with E-state index >= 15 is 0 Å². The standard InChI is InChI=1S/C14H20N2O2/c1-3-13(17)12(16-4-2)9-14(18)10-7-5-6-8-11(10)15/h5-8,12,16H,3-4,9,15H2,1-2H3. The highest BCUT2D eigenvalue weighted by molar-refractivity contribution is 6.03. The first-order chi connectivity index (χ1) is 8.60. The summed E-state index contributed by atoms with van der Waals surface area (Å²) in [4.78, 5) is 23.8. The fourth-order valence-corrected chi connectivity index (χ4v) is 1.84. The van der Waals surface area contributed by atoms with Gasteiger partial charge in [0.25, 0.3) is 0 Å². The molecule has 0 aromatic heterocycles. The van der Waals surface area contributed by atoms with Gasteiger partial charge in [-0.3, -0.25) is 9.59 Å². The van der Waals surface area contributed by atoms with Crippen LogP contribution in [0.25, 0.3) is 0 Å². The van der Waals surface area contributed by atoms with E-state index in [2.05, 4.69) is 5.32 Å². The smallest absolute Gasteiger partial charge is 0.166 e. The average molecular weight is 248 g/mol. The van der Waals surface area contributed by atoms with Crippen molar-refractivity contribution in [1.29, 1.82) is 0 Å². The van der Waals surface area contributed by atoms with E-state index in [1.54, 1.807) is 31.2 Å². The molecule has 0 aliphatic rings. The number of nitrogens with one attached hydrogen (secondary N) is 1. The Kier molecular flexibility index (Phi) is 5.52. The first-order valence-electron chi connectivity index (χ1n) is 6.23. The van der Waals surface area contributed by atoms with Gasteiger partial charge in [0.1, 0.15) is 5.78 Å². The number of anilines is 1. The number of likely N-dealkylation sites (N-methyl/N-ethyl adjacent to an activating group) is 1. The van der Waals surface area contributed by atoms with Crippen LogP contribution >= 0.6 is 0 Å². The number of hydrogen-bond donors (Lipinski definition) is 2. The van der Waals surface area contributed by atoms with Crippen LogP contribution in [0.4, 0.5) is 5.69 Å². The lowest BCUT2D eigenvalue weighted by atomic mass is 9.98. The second-order valence-corrected chi connectivity index (χ2v) is 4.14. The van der Waals surface area contributed by atoms with Gasteiger partial charge in [0, 0.05) is 24.1 Å². The van der Waals surface area contributed by atoms with Crippen LogP contribution in [0.2, 0.25) is 0 Å². The molecule has 1 unspecified atom stereocenters. The minimum Gasteiger partial charge on any atom is -0.398 e. The highest BCUT2D eigenvalue weighted by Gasteiger charge is 2.20. The van der Waals surface area contributed by atoms with Crippen molar-refractivity contribution in [2.75, 3.05) is 12.3 Å². The minimum absolute atomic E-state index is 0.0553. The number of benzene rings is 1. The van der Waals surface area contributed by atoms with Crippen LogP contribution < -0.4 is 11.1 Å². The molecular weight excluding hydrogens is 228 g/mol. The first-order valence-corrected chi connectivity index (χ1v) is 6.23. The van der Waals surface area contributed by atoms with E-state index in [4.69, 9.17) is 5.73 Å². The molecule has 1 atom stereocenters. The summed E-state index contributed by atoms with van der Waals surface area (Å²) in [6, 6.07) is 6.53. The molecule has 0 saturated heterocycles. The van der Waals surface area contributed by atoms with E-state index in [9.17, 15) is 9.59 Å². The maximum absolute atomic E-state index is 12.1. The van der Waals surface area contributed by atoms with Gasteiger partial charge < -0.3 is 11.1 Å². The third kappa shape index (κ3) is 3.67. The Hall–Kier alpha value is -1.68. The summed E-state index contributed by atoms with van der Waals surface area (Å²) < 4.78 is 0. The van der Waals surface area contributed by atoms with Crippen molar-refractivity contribution in [3.8, 4) is 0 Å². The van der Waals surface area contributed by atoms with E-state index in [1.165, 1.54) is 0 Å². The number of nitrogens with two attached hydrogens (primary N) is 1. The predicted octanol–water partition coefficient (Wildman–Crippen LogP) is 1.80. The predicted molar refractivity (Wildman–Crippen MR) is 72.6 cm³/mol. The zero-order chi connectivity index (χ0) is 13.5. The van der Waals surface area contributed by atoms with Crippen LogP contribution in [0.5, 0.6) is 0 Å². The van der Waals surface area contributed by atoms with Gasteiger partial charge in [0.15, 0.2) is 5.78 Å². The molecule has 18 heavy (non-hydrogen) atoms. The molecule has 0 bridgehead atoms. The molecule has 0 saturated carbocycles. The van der Waals surface area contributed by atoms with Crippen molar-refractivity contribution in [3.05, 3.63) is 29.8 Å². The van der Waals surface area contributed by atoms with Crippen molar-refractivity contribution in [3.63, 3.8) is 0 Å². The Morgan fingerprint density at radius 3 is 2.50 bits per heavy atom. The van der Waals surface area contributed by atoms with Crippen molar-refractivity contribution in [2.24, 2.45) is 0 Å². The molecule has 1 rings (SSSR count). The molecule has 0 amide bonds. The molecule has 1 aromatic rings. The fourth-order valence-electron chi connectivity index (χ4n) is 1.84. The average Bonchev–Trinajstić information content (AvgIpc) is 2.37. The highest BCUT2D eigenvalue weighted by atomic mass is 16.1. The van der Waals surface area contributed by atoms with Crippen molar-refractivity contribution < 1.29 is 9.59 Å². The highest BCUT2D eigenvalue weighted by Crippen LogP contribution is 2.14. The fraction of sp³-hybridized carbons (Fsp3) is 0.429. The maximum atomic E-state index is 12.1. The van der Waals surface area contributed by atoms with Gasteiger partial charge >= 0.3 is 0 Å². The molecular formula is C14H20N2O2. The maximum Gasteiger partial charge on any atom is 0.166 e. The number of carbonyl (C=O) groups is 2. The Balaban J connectivity index is 2.79. The Labute approximate surface area is 108 Å². The lowest BCUT2D eigenvalue weighted by molar-refractivity contribution is -0.120. The molecule has 4 nitrogen and oxygen atoms in total. The number of Topliss-reactive ketones (excluding diaryl/α,β-unsaturated/α-hetero) is 2. The Morgan fingerprint density at radius 1 is 1.28 bits per heavy atom. The summed E-state index contributed by atoms with van der Waals surface area (Å²) in [5.74, 6) is -0.0412. The molecule has 3 N–H and O–H groups in total. The monoisotopic (exact) mass is 248 g/mol. The number of hydrogen-bond acceptors (Lipinski definition) is 4. The molecule has 0 aliphatic heterocycles. The SMILES string of the molecule is CCNC(CC(=O)c1ccccc1N)C(=O)CC. The molecule has 98 valence electrons. The van der Waals surface area contributed by atoms with Gasteiger partial charge in [-0.2, -0.15) is 0 Å². The zero-order valence-electron chi connectivity index (χ0n) is 10.9. The Bertz CT molecular complexity index is 430. The number of ketones is 2. The van der Waals surface area contributed by atoms with E-state index in [1.807, 2.05) is 6.92 Å². The van der Waals surface area contributed by atoms with Crippen molar-refractivity contribution in [2.45, 2.75) is 32.7 Å². The molecule has 1 aromatic carbocycles. The van der Waals surface area contributed by atoms with E-state index < -0.39 is 6.04 Å². The normalized spacial score (nSPS) is 12.1. The van der Waals surface area contributed by atoms with Gasteiger partial charge in [-0.05, 0) is 18.7 Å². The Morgan fingerprint density at radius 2 is 1.94 bits per heavy atom. The van der Waals surface area contributed by atoms with Gasteiger partial charge in [-0.25, -0.2) is 0 Å². The van der Waals surface area contributed by atoms with Gasteiger partial charge in [0.2, 0.25) is 0 Å². The van der Waals surface area contributed by atoms with Crippen LogP contribution in [0.15, 0.2) is 24.3 Å². The summed E-state index contributed by atoms with van der Waals surface area (Å²) in [7, 11) is 0. The lowest BCUT2D eigenvalue weighted by Gasteiger charge is -2.15. The van der Waals surface area contributed by atoms with Crippen LogP contribution in [0.3, 0.4) is 0 Å². The van der Waals surface area contributed by atoms with Crippen LogP contribution in [0.1, 0.15) is 37.0 Å². The quantitative estimate of drug-likeness (QED) is 0.570. The molecule has 0 fully saturated rings. The molecule has 0 heterocycles. The van der Waals surface area contributed by atoms with E-state index in [0.29, 0.717) is 24.2 Å². The second kappa shape index (κ2) is 6.91. The summed E-state index contributed by atoms with van der Waals surface area (Å²) >= 11 is 0. The van der Waals surface area contributed by atoms with Crippen molar-refractivity contribution >= 4 is 17.3 Å². The number of carbonyl (C=O) groups excluding carboxylic acids is 2. The molecule has 4 heteroatoms. The number of rotatable bonds is 7. The van der Waals surface area contributed by atoms with Crippen LogP contribution in [0, 0.1) is 0 Å². The summed E-state index contributed by atoms with van der Waals surface area (Å²) in [6.45, 7) is 4.37. The molecule has 0 spiro atoms. The topological polar surface area (TPSA) is 72.2 Å². The summed E-state index contributed by atoms with van der Waals surface area (Å²) in [6.07, 6.45) is 0.587. The largest absolute Gasteiger partial charge is 0.398 e. The third-order valence-corrected chi connectivity index (χ3v) is 2.84. The summed E-state index contributed by atoms with van der Waals surface area (Å²) in [5, 5.41) is 3.04. The summed E-state index contributed by atoms with van der Waals surface area (Å²) in [5.41, 5.74) is 6.70. The van der Waals surface area contributed by atoms with Gasteiger partial charge in [0.05, 0.1) is 6.04 Å². The number of para-hydroxylation sites is 1. The zero-order valence-corrected chi connectivity index (χ0v) is 10.9. The van der Waals surface area contributed by atoms with E-state index in [-0.39, 0.29) is 18.0 Å². The van der Waals surface area contributed by atoms with Crippen LogP contribution in [-0.4, -0.2) is 24.2 Å².